The number of hydrogen-bond acceptors (Lipinski definition) is 3. The molecular weight excluding hydrogens is 457 g/mol. The number of nitrogens with one attached hydrogen (secondary N) is 2. The van der Waals surface area contributed by atoms with Crippen molar-refractivity contribution in [1.29, 1.82) is 0 Å². The number of halogens is 1. The second-order valence-electron chi connectivity index (χ2n) is 9.03. The lowest BCUT2D eigenvalue weighted by molar-refractivity contribution is 0.0711. The van der Waals surface area contributed by atoms with Crippen LogP contribution in [-0.2, 0) is 13.1 Å². The van der Waals surface area contributed by atoms with Gasteiger partial charge >= 0.3 is 0 Å². The molecule has 0 aliphatic carbocycles. The number of rotatable bonds is 7. The van der Waals surface area contributed by atoms with Crippen molar-refractivity contribution in [3.05, 3.63) is 107 Å². The van der Waals surface area contributed by atoms with Gasteiger partial charge in [-0.1, -0.05) is 37.8 Å². The van der Waals surface area contributed by atoms with Crippen LogP contribution in [0.25, 0.3) is 0 Å². The number of aryl methyl sites for hydroxylation is 1. The molecule has 2 amide bonds. The molecule has 36 heavy (non-hydrogen) atoms. The van der Waals surface area contributed by atoms with Gasteiger partial charge in [-0.15, -0.1) is 0 Å². The Morgan fingerprint density at radius 2 is 2.08 bits per heavy atom. The topological polar surface area (TPSA) is 83.0 Å². The third-order valence-electron chi connectivity index (χ3n) is 6.12. The first-order chi connectivity index (χ1) is 17.3. The molecule has 1 aliphatic heterocycles. The molecular formula is C28H30FN5O2. The zero-order chi connectivity index (χ0) is 25.8. The van der Waals surface area contributed by atoms with Crippen molar-refractivity contribution in [3.8, 4) is 0 Å². The summed E-state index contributed by atoms with van der Waals surface area (Å²) in [6.07, 6.45) is 6.03. The molecule has 3 aromatic rings. The van der Waals surface area contributed by atoms with Crippen molar-refractivity contribution in [2.45, 2.75) is 39.8 Å². The van der Waals surface area contributed by atoms with Crippen LogP contribution in [0.1, 0.15) is 57.6 Å². The fourth-order valence-corrected chi connectivity index (χ4v) is 4.44. The van der Waals surface area contributed by atoms with E-state index in [-0.39, 0.29) is 35.8 Å². The van der Waals surface area contributed by atoms with E-state index >= 15 is 0 Å². The summed E-state index contributed by atoms with van der Waals surface area (Å²) in [4.78, 5) is 31.2. The van der Waals surface area contributed by atoms with Crippen LogP contribution in [0.3, 0.4) is 0 Å². The van der Waals surface area contributed by atoms with Crippen LogP contribution in [-0.4, -0.2) is 38.0 Å². The van der Waals surface area contributed by atoms with E-state index in [0.717, 1.165) is 11.3 Å². The predicted molar refractivity (Wildman–Crippen MR) is 138 cm³/mol. The first-order valence-electron chi connectivity index (χ1n) is 11.8. The number of carbonyl (C=O) groups is 2. The van der Waals surface area contributed by atoms with E-state index in [0.29, 0.717) is 35.6 Å². The van der Waals surface area contributed by atoms with Gasteiger partial charge < -0.3 is 15.2 Å². The average molecular weight is 488 g/mol. The summed E-state index contributed by atoms with van der Waals surface area (Å²) < 4.78 is 15.3. The number of allylic oxidation sites excluding steroid dienone is 5. The first-order valence-corrected chi connectivity index (χ1v) is 11.8. The molecule has 0 spiro atoms. The number of nitrogens with zero attached hydrogens (tertiary/aromatic N) is 3. The van der Waals surface area contributed by atoms with Gasteiger partial charge in [-0.3, -0.25) is 14.3 Å². The second kappa shape index (κ2) is 10.6. The molecule has 0 saturated heterocycles. The number of fused-ring (bicyclic) bond motifs is 1. The third kappa shape index (κ3) is 5.38. The number of hydrogen-bond donors (Lipinski definition) is 2. The van der Waals surface area contributed by atoms with Crippen molar-refractivity contribution in [1.82, 2.24) is 19.7 Å². The quantitative estimate of drug-likeness (QED) is 0.431. The first kappa shape index (κ1) is 24.9. The monoisotopic (exact) mass is 487 g/mol. The van der Waals surface area contributed by atoms with Crippen LogP contribution in [0.4, 0.5) is 10.1 Å². The lowest BCUT2D eigenvalue weighted by Gasteiger charge is -2.32. The normalized spacial score (nSPS) is 15.7. The van der Waals surface area contributed by atoms with Crippen molar-refractivity contribution >= 4 is 17.5 Å². The molecule has 186 valence electrons. The number of aromatic amines is 1. The van der Waals surface area contributed by atoms with Crippen LogP contribution in [0.5, 0.6) is 0 Å². The average Bonchev–Trinajstić information content (AvgIpc) is 3.51. The van der Waals surface area contributed by atoms with E-state index in [1.807, 2.05) is 38.1 Å². The maximum absolute atomic E-state index is 13.6. The molecule has 0 fully saturated rings. The molecule has 0 unspecified atom stereocenters. The van der Waals surface area contributed by atoms with Crippen LogP contribution in [0, 0.1) is 6.92 Å². The SMILES string of the molecule is C=C(/C=C\C(F)=C/C)Cn1nc(C(=O)Nc2cccc(C)c2)c2c1[C@H](C)CN(C(=O)c1ccc[nH]1)C2. The van der Waals surface area contributed by atoms with Crippen LogP contribution in [0.15, 0.2) is 78.8 Å². The maximum Gasteiger partial charge on any atom is 0.276 e. The van der Waals surface area contributed by atoms with E-state index in [4.69, 9.17) is 0 Å². The minimum Gasteiger partial charge on any atom is -0.357 e. The van der Waals surface area contributed by atoms with Crippen molar-refractivity contribution in [3.63, 3.8) is 0 Å². The number of amides is 2. The minimum absolute atomic E-state index is 0.0789. The Labute approximate surface area is 210 Å². The summed E-state index contributed by atoms with van der Waals surface area (Å²) in [7, 11) is 0. The molecule has 7 nitrogen and oxygen atoms in total. The maximum atomic E-state index is 13.6. The van der Waals surface area contributed by atoms with E-state index in [1.54, 1.807) is 40.9 Å². The molecule has 2 N–H and O–H groups in total. The summed E-state index contributed by atoms with van der Waals surface area (Å²) in [6.45, 7) is 10.6. The molecule has 0 radical (unpaired) electrons. The minimum atomic E-state index is -0.358. The van der Waals surface area contributed by atoms with Gasteiger partial charge in [0.25, 0.3) is 11.8 Å². The Morgan fingerprint density at radius 3 is 2.78 bits per heavy atom. The Balaban J connectivity index is 1.69. The highest BCUT2D eigenvalue weighted by molar-refractivity contribution is 6.04. The number of benzene rings is 1. The number of aromatic nitrogens is 3. The Kier molecular flexibility index (Phi) is 7.33. The predicted octanol–water partition coefficient (Wildman–Crippen LogP) is 5.52. The van der Waals surface area contributed by atoms with E-state index < -0.39 is 0 Å². The van der Waals surface area contributed by atoms with Crippen molar-refractivity contribution < 1.29 is 14.0 Å². The number of H-pyrrole nitrogens is 1. The van der Waals surface area contributed by atoms with Gasteiger partial charge in [-0.2, -0.15) is 5.10 Å². The fraction of sp³-hybridized carbons (Fsp3) is 0.250. The fourth-order valence-electron chi connectivity index (χ4n) is 4.44. The lowest BCUT2D eigenvalue weighted by atomic mass is 9.95. The summed E-state index contributed by atoms with van der Waals surface area (Å²) in [5.74, 6) is -0.920. The largest absolute Gasteiger partial charge is 0.357 e. The van der Waals surface area contributed by atoms with Gasteiger partial charge in [0.15, 0.2) is 5.69 Å². The van der Waals surface area contributed by atoms with Crippen LogP contribution >= 0.6 is 0 Å². The standard InChI is InChI=1S/C28H30FN5O2/c1-5-21(29)12-11-19(3)15-34-26-20(4)16-33(28(36)24-10-7-13-30-24)17-23(26)25(32-34)27(35)31-22-9-6-8-18(2)14-22/h5-14,20,30H,3,15-17H2,1-2,4H3,(H,31,35)/b12-11-,21-5+/t20-/m1/s1. The molecule has 3 heterocycles. The van der Waals surface area contributed by atoms with Crippen molar-refractivity contribution in [2.75, 3.05) is 11.9 Å². The molecule has 4 rings (SSSR count). The molecule has 0 bridgehead atoms. The van der Waals surface area contributed by atoms with E-state index in [9.17, 15) is 14.0 Å². The summed E-state index contributed by atoms with van der Waals surface area (Å²) in [5.41, 5.74) is 4.66. The van der Waals surface area contributed by atoms with Crippen LogP contribution < -0.4 is 5.32 Å². The van der Waals surface area contributed by atoms with Gasteiger partial charge in [-0.25, -0.2) is 4.39 Å². The van der Waals surface area contributed by atoms with Gasteiger partial charge in [0.05, 0.1) is 13.1 Å². The van der Waals surface area contributed by atoms with Gasteiger partial charge in [-0.05, 0) is 55.3 Å². The smallest absolute Gasteiger partial charge is 0.276 e. The molecule has 1 aromatic carbocycles. The number of anilines is 1. The summed E-state index contributed by atoms with van der Waals surface area (Å²) in [5, 5.41) is 7.59. The molecule has 0 saturated carbocycles. The second-order valence-corrected chi connectivity index (χ2v) is 9.03. The zero-order valence-corrected chi connectivity index (χ0v) is 20.7. The number of carbonyl (C=O) groups excluding carboxylic acids is 2. The van der Waals surface area contributed by atoms with Crippen molar-refractivity contribution in [2.24, 2.45) is 0 Å². The van der Waals surface area contributed by atoms with Gasteiger partial charge in [0.1, 0.15) is 11.5 Å². The van der Waals surface area contributed by atoms with Crippen LogP contribution in [0.2, 0.25) is 0 Å². The highest BCUT2D eigenvalue weighted by Crippen LogP contribution is 2.32. The van der Waals surface area contributed by atoms with E-state index in [2.05, 4.69) is 22.0 Å². The molecule has 2 aromatic heterocycles. The third-order valence-corrected chi connectivity index (χ3v) is 6.12. The molecule has 1 aliphatic rings. The Bertz CT molecular complexity index is 1350. The summed E-state index contributed by atoms with van der Waals surface area (Å²) in [6, 6.07) is 11.0. The van der Waals surface area contributed by atoms with E-state index in [1.165, 1.54) is 12.2 Å². The molecule has 1 atom stereocenters. The Hall–Kier alpha value is -4.20. The zero-order valence-electron chi connectivity index (χ0n) is 20.7. The van der Waals surface area contributed by atoms with Gasteiger partial charge in [0, 0.05) is 35.6 Å². The highest BCUT2D eigenvalue weighted by atomic mass is 19.1. The molecule has 8 heteroatoms. The lowest BCUT2D eigenvalue weighted by Crippen LogP contribution is -2.38. The summed E-state index contributed by atoms with van der Waals surface area (Å²) >= 11 is 0. The Morgan fingerprint density at radius 1 is 1.28 bits per heavy atom. The highest BCUT2D eigenvalue weighted by Gasteiger charge is 2.34. The van der Waals surface area contributed by atoms with Gasteiger partial charge in [0.2, 0.25) is 0 Å².